The van der Waals surface area contributed by atoms with Crippen molar-refractivity contribution in [1.29, 1.82) is 0 Å². The van der Waals surface area contributed by atoms with Gasteiger partial charge in [-0.15, -0.1) is 0 Å². The van der Waals surface area contributed by atoms with Crippen LogP contribution in [0.25, 0.3) is 0 Å². The van der Waals surface area contributed by atoms with Crippen LogP contribution in [0.5, 0.6) is 0 Å². The number of likely N-dealkylation sites (tertiary alicyclic amines) is 2. The molecule has 3 rings (SSSR count). The molecule has 0 saturated carbocycles. The molecular weight excluding hydrogens is 334 g/mol. The second kappa shape index (κ2) is 7.55. The monoisotopic (exact) mass is 365 g/mol. The van der Waals surface area contributed by atoms with Crippen molar-refractivity contribution in [2.24, 2.45) is 11.8 Å². The van der Waals surface area contributed by atoms with E-state index in [9.17, 15) is 14.4 Å². The predicted octanol–water partition coefficient (Wildman–Crippen LogP) is 0.731. The van der Waals surface area contributed by atoms with E-state index in [2.05, 4.69) is 13.8 Å². The van der Waals surface area contributed by atoms with Crippen molar-refractivity contribution in [3.05, 3.63) is 0 Å². The van der Waals surface area contributed by atoms with Gasteiger partial charge in [-0.05, 0) is 25.2 Å². The molecule has 0 N–H and O–H groups in total. The van der Waals surface area contributed by atoms with Gasteiger partial charge < -0.3 is 19.4 Å². The standard InChI is InChI=1S/C19H31N3O4/c1-14(2)10-22-11-15(4-5-16(22)23)18(25)21-8-6-19(7-9-21)13-20(3)17(24)12-26-19/h14-15H,4-13H2,1-3H3/t15-/m1/s1. The van der Waals surface area contributed by atoms with Gasteiger partial charge in [-0.3, -0.25) is 14.4 Å². The second-order valence-corrected chi connectivity index (χ2v) is 8.47. The molecule has 3 aliphatic rings. The number of piperidine rings is 2. The molecule has 3 amide bonds. The van der Waals surface area contributed by atoms with Crippen LogP contribution < -0.4 is 0 Å². The maximum Gasteiger partial charge on any atom is 0.248 e. The van der Waals surface area contributed by atoms with Gasteiger partial charge in [0.15, 0.2) is 0 Å². The summed E-state index contributed by atoms with van der Waals surface area (Å²) in [5.41, 5.74) is -0.300. The smallest absolute Gasteiger partial charge is 0.248 e. The van der Waals surface area contributed by atoms with Crippen LogP contribution in [-0.2, 0) is 19.1 Å². The number of rotatable bonds is 3. The highest BCUT2D eigenvalue weighted by Crippen LogP contribution is 2.31. The maximum atomic E-state index is 13.0. The minimum atomic E-state index is -0.300. The first-order valence-corrected chi connectivity index (χ1v) is 9.74. The molecule has 0 bridgehead atoms. The first-order chi connectivity index (χ1) is 12.3. The normalized spacial score (nSPS) is 26.8. The minimum absolute atomic E-state index is 0.0197. The Bertz CT molecular complexity index is 569. The lowest BCUT2D eigenvalue weighted by atomic mass is 9.88. The second-order valence-electron chi connectivity index (χ2n) is 8.47. The number of amides is 3. The lowest BCUT2D eigenvalue weighted by Crippen LogP contribution is -2.59. The maximum absolute atomic E-state index is 13.0. The van der Waals surface area contributed by atoms with Crippen molar-refractivity contribution in [2.75, 3.05) is 46.4 Å². The summed E-state index contributed by atoms with van der Waals surface area (Å²) >= 11 is 0. The van der Waals surface area contributed by atoms with Crippen molar-refractivity contribution in [1.82, 2.24) is 14.7 Å². The van der Waals surface area contributed by atoms with Gasteiger partial charge in [-0.2, -0.15) is 0 Å². The van der Waals surface area contributed by atoms with E-state index in [1.165, 1.54) is 0 Å². The minimum Gasteiger partial charge on any atom is -0.363 e. The predicted molar refractivity (Wildman–Crippen MR) is 96.3 cm³/mol. The zero-order valence-electron chi connectivity index (χ0n) is 16.2. The Labute approximate surface area is 155 Å². The summed E-state index contributed by atoms with van der Waals surface area (Å²) < 4.78 is 5.86. The molecule has 7 heteroatoms. The molecule has 0 aromatic rings. The largest absolute Gasteiger partial charge is 0.363 e. The van der Waals surface area contributed by atoms with Gasteiger partial charge in [0, 0.05) is 46.2 Å². The van der Waals surface area contributed by atoms with Crippen LogP contribution in [0, 0.1) is 11.8 Å². The fourth-order valence-corrected chi connectivity index (χ4v) is 4.32. The molecular formula is C19H31N3O4. The summed E-state index contributed by atoms with van der Waals surface area (Å²) in [5, 5.41) is 0. The third-order valence-corrected chi connectivity index (χ3v) is 5.87. The highest BCUT2D eigenvalue weighted by molar-refractivity contribution is 5.84. The Balaban J connectivity index is 1.55. The summed E-state index contributed by atoms with van der Waals surface area (Å²) in [6.45, 7) is 7.52. The highest BCUT2D eigenvalue weighted by Gasteiger charge is 2.43. The van der Waals surface area contributed by atoms with Crippen molar-refractivity contribution in [3.8, 4) is 0 Å². The molecule has 3 saturated heterocycles. The number of hydrogen-bond acceptors (Lipinski definition) is 4. The first-order valence-electron chi connectivity index (χ1n) is 9.74. The van der Waals surface area contributed by atoms with E-state index in [0.29, 0.717) is 44.9 Å². The van der Waals surface area contributed by atoms with Crippen molar-refractivity contribution in [2.45, 2.75) is 45.1 Å². The third-order valence-electron chi connectivity index (χ3n) is 5.87. The Hall–Kier alpha value is -1.63. The van der Waals surface area contributed by atoms with Crippen LogP contribution in [0.2, 0.25) is 0 Å². The fraction of sp³-hybridized carbons (Fsp3) is 0.842. The van der Waals surface area contributed by atoms with E-state index < -0.39 is 0 Å². The molecule has 146 valence electrons. The van der Waals surface area contributed by atoms with Gasteiger partial charge in [-0.1, -0.05) is 13.8 Å². The van der Waals surface area contributed by atoms with E-state index in [4.69, 9.17) is 4.74 Å². The number of hydrogen-bond donors (Lipinski definition) is 0. The van der Waals surface area contributed by atoms with E-state index in [0.717, 1.165) is 19.4 Å². The molecule has 0 radical (unpaired) electrons. The van der Waals surface area contributed by atoms with Crippen LogP contribution in [0.15, 0.2) is 0 Å². The number of carbonyl (C=O) groups is 3. The molecule has 0 aromatic carbocycles. The lowest BCUT2D eigenvalue weighted by Gasteiger charge is -2.47. The Morgan fingerprint density at radius 3 is 2.54 bits per heavy atom. The van der Waals surface area contributed by atoms with Crippen molar-refractivity contribution >= 4 is 17.7 Å². The Morgan fingerprint density at radius 2 is 1.92 bits per heavy atom. The van der Waals surface area contributed by atoms with Gasteiger partial charge in [0.05, 0.1) is 11.5 Å². The summed E-state index contributed by atoms with van der Waals surface area (Å²) in [5.74, 6) is 0.680. The van der Waals surface area contributed by atoms with E-state index in [1.807, 2.05) is 16.8 Å². The third kappa shape index (κ3) is 4.03. The molecule has 7 nitrogen and oxygen atoms in total. The number of likely N-dealkylation sites (N-methyl/N-ethyl adjacent to an activating group) is 1. The number of morpholine rings is 1. The summed E-state index contributed by atoms with van der Waals surface area (Å²) in [7, 11) is 1.81. The quantitative estimate of drug-likeness (QED) is 0.739. The van der Waals surface area contributed by atoms with Crippen LogP contribution in [0.1, 0.15) is 39.5 Å². The zero-order valence-corrected chi connectivity index (χ0v) is 16.2. The number of carbonyl (C=O) groups excluding carboxylic acids is 3. The summed E-state index contributed by atoms with van der Waals surface area (Å²) in [6.07, 6.45) is 2.65. The molecule has 0 aliphatic carbocycles. The number of ether oxygens (including phenoxy) is 1. The molecule has 26 heavy (non-hydrogen) atoms. The SMILES string of the molecule is CC(C)CN1C[C@H](C(=O)N2CCC3(CC2)CN(C)C(=O)CO3)CCC1=O. The van der Waals surface area contributed by atoms with Gasteiger partial charge in [0.25, 0.3) is 0 Å². The number of nitrogens with zero attached hydrogens (tertiary/aromatic N) is 3. The fourth-order valence-electron chi connectivity index (χ4n) is 4.32. The van der Waals surface area contributed by atoms with Gasteiger partial charge >= 0.3 is 0 Å². The molecule has 3 heterocycles. The lowest BCUT2D eigenvalue weighted by molar-refractivity contribution is -0.172. The average Bonchev–Trinajstić information content (AvgIpc) is 2.60. The van der Waals surface area contributed by atoms with Crippen LogP contribution in [0.4, 0.5) is 0 Å². The summed E-state index contributed by atoms with van der Waals surface area (Å²) in [6, 6.07) is 0. The van der Waals surface area contributed by atoms with Crippen LogP contribution >= 0.6 is 0 Å². The Kier molecular flexibility index (Phi) is 5.55. The molecule has 3 fully saturated rings. The summed E-state index contributed by atoms with van der Waals surface area (Å²) in [4.78, 5) is 42.2. The molecule has 1 atom stereocenters. The molecule has 0 unspecified atom stereocenters. The Morgan fingerprint density at radius 1 is 1.23 bits per heavy atom. The van der Waals surface area contributed by atoms with Gasteiger partial charge in [-0.25, -0.2) is 0 Å². The van der Waals surface area contributed by atoms with Gasteiger partial charge in [0.2, 0.25) is 17.7 Å². The average molecular weight is 365 g/mol. The molecule has 3 aliphatic heterocycles. The van der Waals surface area contributed by atoms with Crippen molar-refractivity contribution < 1.29 is 19.1 Å². The first kappa shape index (κ1) is 19.1. The van der Waals surface area contributed by atoms with Gasteiger partial charge in [0.1, 0.15) is 6.61 Å². The van der Waals surface area contributed by atoms with E-state index >= 15 is 0 Å². The molecule has 1 spiro atoms. The van der Waals surface area contributed by atoms with Crippen LogP contribution in [-0.4, -0.2) is 84.4 Å². The van der Waals surface area contributed by atoms with Crippen LogP contribution in [0.3, 0.4) is 0 Å². The zero-order chi connectivity index (χ0) is 18.9. The molecule has 0 aromatic heterocycles. The van der Waals surface area contributed by atoms with E-state index in [1.54, 1.807) is 4.90 Å². The highest BCUT2D eigenvalue weighted by atomic mass is 16.5. The van der Waals surface area contributed by atoms with Crippen molar-refractivity contribution in [3.63, 3.8) is 0 Å². The van der Waals surface area contributed by atoms with E-state index in [-0.39, 0.29) is 35.8 Å². The topological polar surface area (TPSA) is 70.2 Å².